The molecule has 8 heteroatoms. The molecule has 0 aromatic heterocycles. The number of amides is 1. The molecule has 0 saturated heterocycles. The topological polar surface area (TPSA) is 75.7 Å². The van der Waals surface area contributed by atoms with Crippen molar-refractivity contribution in [2.75, 3.05) is 38.3 Å². The van der Waals surface area contributed by atoms with E-state index in [9.17, 15) is 13.2 Å². The lowest BCUT2D eigenvalue weighted by Crippen LogP contribution is -2.24. The van der Waals surface area contributed by atoms with Gasteiger partial charge in [-0.15, -0.1) is 0 Å². The van der Waals surface area contributed by atoms with Crippen LogP contribution in [0.5, 0.6) is 5.75 Å². The van der Waals surface area contributed by atoms with Crippen molar-refractivity contribution in [1.29, 1.82) is 0 Å². The van der Waals surface area contributed by atoms with Gasteiger partial charge >= 0.3 is 0 Å². The first kappa shape index (κ1) is 21.4. The van der Waals surface area contributed by atoms with E-state index in [0.29, 0.717) is 23.6 Å². The van der Waals surface area contributed by atoms with Gasteiger partial charge in [-0.2, -0.15) is 0 Å². The molecular weight excluding hydrogens is 432 g/mol. The van der Waals surface area contributed by atoms with Crippen LogP contribution >= 0.6 is 15.9 Å². The highest BCUT2D eigenvalue weighted by atomic mass is 79.9. The van der Waals surface area contributed by atoms with Gasteiger partial charge in [-0.05, 0) is 56.1 Å². The summed E-state index contributed by atoms with van der Waals surface area (Å²) in [5.74, 6) is -0.609. The fourth-order valence-corrected chi connectivity index (χ4v) is 3.80. The first-order valence-electron chi connectivity index (χ1n) is 8.36. The molecule has 0 fully saturated rings. The maximum atomic E-state index is 12.2. The van der Waals surface area contributed by atoms with Gasteiger partial charge in [0.2, 0.25) is 5.91 Å². The third kappa shape index (κ3) is 8.11. The monoisotopic (exact) mass is 454 g/mol. The molecule has 6 nitrogen and oxygen atoms in total. The van der Waals surface area contributed by atoms with Crippen LogP contribution in [0.3, 0.4) is 0 Å². The van der Waals surface area contributed by atoms with E-state index in [4.69, 9.17) is 4.74 Å². The Bertz CT molecular complexity index is 850. The molecule has 0 aliphatic heterocycles. The molecule has 0 aliphatic rings. The number of carbonyl (C=O) groups excluding carboxylic acids is 1. The van der Waals surface area contributed by atoms with Crippen LogP contribution in [-0.4, -0.2) is 52.2 Å². The second-order valence-corrected chi connectivity index (χ2v) is 9.36. The molecule has 2 aromatic carbocycles. The van der Waals surface area contributed by atoms with Gasteiger partial charge < -0.3 is 15.0 Å². The quantitative estimate of drug-likeness (QED) is 0.630. The molecule has 146 valence electrons. The largest absolute Gasteiger partial charge is 0.492 e. The van der Waals surface area contributed by atoms with Gasteiger partial charge in [0.1, 0.15) is 18.1 Å². The Morgan fingerprint density at radius 2 is 1.70 bits per heavy atom. The third-order valence-electron chi connectivity index (χ3n) is 3.60. The number of anilines is 1. The van der Waals surface area contributed by atoms with Crippen LogP contribution in [0.25, 0.3) is 0 Å². The van der Waals surface area contributed by atoms with Gasteiger partial charge in [-0.25, -0.2) is 8.42 Å². The Morgan fingerprint density at radius 3 is 2.30 bits per heavy atom. The fourth-order valence-electron chi connectivity index (χ4n) is 2.26. The first-order valence-corrected chi connectivity index (χ1v) is 11.0. The van der Waals surface area contributed by atoms with Crippen LogP contribution in [0.1, 0.15) is 5.56 Å². The summed E-state index contributed by atoms with van der Waals surface area (Å²) < 4.78 is 30.9. The summed E-state index contributed by atoms with van der Waals surface area (Å²) in [6.45, 7) is 1.36. The SMILES string of the molecule is CN(C)CCOc1ccc(NC(=O)CS(=O)(=O)Cc2ccc(Br)cc2)cc1. The minimum absolute atomic E-state index is 0.174. The molecule has 1 amide bonds. The molecule has 0 spiro atoms. The van der Waals surface area contributed by atoms with Crippen molar-refractivity contribution in [3.63, 3.8) is 0 Å². The minimum atomic E-state index is -3.55. The van der Waals surface area contributed by atoms with Crippen LogP contribution in [0, 0.1) is 0 Å². The molecule has 2 rings (SSSR count). The molecule has 0 unspecified atom stereocenters. The van der Waals surface area contributed by atoms with E-state index in [0.717, 1.165) is 11.0 Å². The van der Waals surface area contributed by atoms with Crippen LogP contribution in [0.15, 0.2) is 53.0 Å². The van der Waals surface area contributed by atoms with Crippen LogP contribution in [0.2, 0.25) is 0 Å². The van der Waals surface area contributed by atoms with Crippen molar-refractivity contribution >= 4 is 37.4 Å². The van der Waals surface area contributed by atoms with Gasteiger partial charge in [0.25, 0.3) is 0 Å². The van der Waals surface area contributed by atoms with Crippen molar-refractivity contribution in [2.45, 2.75) is 5.75 Å². The summed E-state index contributed by atoms with van der Waals surface area (Å²) in [6.07, 6.45) is 0. The number of hydrogen-bond donors (Lipinski definition) is 1. The van der Waals surface area contributed by atoms with Gasteiger partial charge in [0, 0.05) is 16.7 Å². The molecular formula is C19H23BrN2O4S. The van der Waals surface area contributed by atoms with E-state index in [2.05, 4.69) is 21.2 Å². The summed E-state index contributed by atoms with van der Waals surface area (Å²) in [5.41, 5.74) is 1.17. The van der Waals surface area contributed by atoms with Crippen molar-refractivity contribution in [3.8, 4) is 5.75 Å². The Kier molecular flexibility index (Phi) is 7.82. The van der Waals surface area contributed by atoms with Crippen molar-refractivity contribution < 1.29 is 17.9 Å². The first-order chi connectivity index (χ1) is 12.7. The van der Waals surface area contributed by atoms with E-state index >= 15 is 0 Å². The molecule has 0 saturated carbocycles. The van der Waals surface area contributed by atoms with E-state index in [1.54, 1.807) is 48.5 Å². The average Bonchev–Trinajstić information content (AvgIpc) is 2.57. The number of halogens is 1. The van der Waals surface area contributed by atoms with E-state index in [-0.39, 0.29) is 5.75 Å². The average molecular weight is 455 g/mol. The third-order valence-corrected chi connectivity index (χ3v) is 5.60. The van der Waals surface area contributed by atoms with E-state index in [1.165, 1.54) is 0 Å². The molecule has 0 atom stereocenters. The highest BCUT2D eigenvalue weighted by Crippen LogP contribution is 2.16. The molecule has 27 heavy (non-hydrogen) atoms. The zero-order valence-corrected chi connectivity index (χ0v) is 17.7. The van der Waals surface area contributed by atoms with Gasteiger partial charge in [0.05, 0.1) is 5.75 Å². The smallest absolute Gasteiger partial charge is 0.239 e. The number of hydrogen-bond acceptors (Lipinski definition) is 5. The van der Waals surface area contributed by atoms with Gasteiger partial charge in [0.15, 0.2) is 9.84 Å². The molecule has 0 bridgehead atoms. The molecule has 0 heterocycles. The molecule has 2 aromatic rings. The summed E-state index contributed by atoms with van der Waals surface area (Å²) in [6, 6.07) is 13.8. The Labute approximate surface area is 168 Å². The lowest BCUT2D eigenvalue weighted by atomic mass is 10.2. The summed E-state index contributed by atoms with van der Waals surface area (Å²) in [7, 11) is 0.378. The second-order valence-electron chi connectivity index (χ2n) is 6.38. The maximum Gasteiger partial charge on any atom is 0.239 e. The lowest BCUT2D eigenvalue weighted by molar-refractivity contribution is -0.113. The van der Waals surface area contributed by atoms with Crippen LogP contribution in [0.4, 0.5) is 5.69 Å². The molecule has 0 aliphatic carbocycles. The highest BCUT2D eigenvalue weighted by Gasteiger charge is 2.17. The number of nitrogens with zero attached hydrogens (tertiary/aromatic N) is 1. The van der Waals surface area contributed by atoms with E-state index < -0.39 is 21.5 Å². The fraction of sp³-hybridized carbons (Fsp3) is 0.316. The van der Waals surface area contributed by atoms with E-state index in [1.807, 2.05) is 19.0 Å². The summed E-state index contributed by atoms with van der Waals surface area (Å²) in [5, 5.41) is 2.61. The number of nitrogens with one attached hydrogen (secondary N) is 1. The number of rotatable bonds is 9. The van der Waals surface area contributed by atoms with Crippen molar-refractivity contribution in [3.05, 3.63) is 58.6 Å². The molecule has 0 radical (unpaired) electrons. The molecule has 1 N–H and O–H groups in total. The van der Waals surface area contributed by atoms with Gasteiger partial charge in [-0.1, -0.05) is 28.1 Å². The number of likely N-dealkylation sites (N-methyl/N-ethyl adjacent to an activating group) is 1. The number of benzene rings is 2. The lowest BCUT2D eigenvalue weighted by Gasteiger charge is -2.11. The summed E-state index contributed by atoms with van der Waals surface area (Å²) >= 11 is 3.30. The van der Waals surface area contributed by atoms with Crippen LogP contribution < -0.4 is 10.1 Å². The summed E-state index contributed by atoms with van der Waals surface area (Å²) in [4.78, 5) is 14.1. The van der Waals surface area contributed by atoms with Crippen LogP contribution in [-0.2, 0) is 20.4 Å². The Balaban J connectivity index is 1.86. The van der Waals surface area contributed by atoms with Gasteiger partial charge in [-0.3, -0.25) is 4.79 Å². The zero-order valence-electron chi connectivity index (χ0n) is 15.3. The number of sulfone groups is 1. The zero-order chi connectivity index (χ0) is 19.9. The second kappa shape index (κ2) is 9.87. The Morgan fingerprint density at radius 1 is 1.07 bits per heavy atom. The van der Waals surface area contributed by atoms with Crippen molar-refractivity contribution in [1.82, 2.24) is 4.90 Å². The highest BCUT2D eigenvalue weighted by molar-refractivity contribution is 9.10. The maximum absolute atomic E-state index is 12.2. The predicted octanol–water partition coefficient (Wildman–Crippen LogP) is 2.94. The number of ether oxygens (including phenoxy) is 1. The van der Waals surface area contributed by atoms with Crippen molar-refractivity contribution in [2.24, 2.45) is 0 Å². The normalized spacial score (nSPS) is 11.4. The minimum Gasteiger partial charge on any atom is -0.492 e. The Hall–Kier alpha value is -1.90. The predicted molar refractivity (Wildman–Crippen MR) is 111 cm³/mol. The number of carbonyl (C=O) groups is 1. The standard InChI is InChI=1S/C19H23BrN2O4S/c1-22(2)11-12-26-18-9-7-17(8-10-18)21-19(23)14-27(24,25)13-15-3-5-16(20)6-4-15/h3-10H,11-14H2,1-2H3,(H,21,23).